The van der Waals surface area contributed by atoms with Gasteiger partial charge in [0.1, 0.15) is 0 Å². The summed E-state index contributed by atoms with van der Waals surface area (Å²) in [5.41, 5.74) is 0. The third kappa shape index (κ3) is 1.66. The van der Waals surface area contributed by atoms with Gasteiger partial charge in [-0.1, -0.05) is 13.5 Å². The van der Waals surface area contributed by atoms with Crippen molar-refractivity contribution >= 4 is 0 Å². The predicted octanol–water partition coefficient (Wildman–Crippen LogP) is 1.41. The maximum absolute atomic E-state index is 3.93. The van der Waals surface area contributed by atoms with E-state index in [1.807, 2.05) is 0 Å². The molecule has 0 spiro atoms. The molecule has 10 heavy (non-hydrogen) atoms. The van der Waals surface area contributed by atoms with Crippen LogP contribution in [0.2, 0.25) is 0 Å². The molecule has 1 N–H and O–H groups in total. The second-order valence-corrected chi connectivity index (χ2v) is 2.71. The Morgan fingerprint density at radius 1 is 1.70 bits per heavy atom. The van der Waals surface area contributed by atoms with Gasteiger partial charge in [-0.25, -0.2) is 0 Å². The van der Waals surface area contributed by atoms with Crippen molar-refractivity contribution in [1.82, 2.24) is 10.2 Å². The number of likely N-dealkylation sites (tertiary alicyclic amines) is 1. The van der Waals surface area contributed by atoms with E-state index in [1.165, 1.54) is 25.9 Å². The van der Waals surface area contributed by atoms with Crippen molar-refractivity contribution < 1.29 is 1.43 Å². The molecule has 1 aliphatic heterocycles. The number of rotatable bonds is 4. The first-order valence-electron chi connectivity index (χ1n) is 4.02. The smallest absolute Gasteiger partial charge is 0.0938 e. The molecule has 1 saturated heterocycles. The average Bonchev–Trinajstić information content (AvgIpc) is 1.79. The van der Waals surface area contributed by atoms with Crippen LogP contribution in [0.1, 0.15) is 21.2 Å². The molecule has 0 radical (unpaired) electrons. The number of hydrogen-bond donors (Lipinski definition) is 1. The highest BCUT2D eigenvalue weighted by molar-refractivity contribution is 4.94. The maximum Gasteiger partial charge on any atom is 0.0938 e. The monoisotopic (exact) mass is 142 g/mol. The van der Waals surface area contributed by atoms with Gasteiger partial charge in [0.15, 0.2) is 0 Å². The van der Waals surface area contributed by atoms with Gasteiger partial charge in [0.2, 0.25) is 0 Å². The largest absolute Gasteiger partial charge is 0.372 e. The molecule has 60 valence electrons. The third-order valence-corrected chi connectivity index (χ3v) is 1.82. The molecule has 0 aliphatic carbocycles. The van der Waals surface area contributed by atoms with E-state index in [0.29, 0.717) is 0 Å². The summed E-state index contributed by atoms with van der Waals surface area (Å²) in [7, 11) is 0. The van der Waals surface area contributed by atoms with E-state index in [1.54, 1.807) is 0 Å². The summed E-state index contributed by atoms with van der Waals surface area (Å²) >= 11 is 0. The van der Waals surface area contributed by atoms with Gasteiger partial charge in [0.05, 0.1) is 5.82 Å². The fraction of sp³-hybridized carbons (Fsp3) is 0.750. The first-order chi connectivity index (χ1) is 4.84. The standard InChI is InChI=1S/C8H16N2.H2/c1-3-5-9-8(2)10-6-4-7-10;/h9H,2-7H2,1H3;1H. The quantitative estimate of drug-likeness (QED) is 0.638. The molecular weight excluding hydrogens is 124 g/mol. The minimum atomic E-state index is 0. The van der Waals surface area contributed by atoms with Crippen LogP contribution in [0.4, 0.5) is 0 Å². The summed E-state index contributed by atoms with van der Waals surface area (Å²) in [6.45, 7) is 9.52. The van der Waals surface area contributed by atoms with Gasteiger partial charge in [-0.3, -0.25) is 0 Å². The van der Waals surface area contributed by atoms with Crippen molar-refractivity contribution in [2.45, 2.75) is 19.8 Å². The summed E-state index contributed by atoms with van der Waals surface area (Å²) in [4.78, 5) is 2.27. The summed E-state index contributed by atoms with van der Waals surface area (Å²) in [6.07, 6.45) is 2.50. The summed E-state index contributed by atoms with van der Waals surface area (Å²) in [5.74, 6) is 1.10. The van der Waals surface area contributed by atoms with Crippen LogP contribution >= 0.6 is 0 Å². The van der Waals surface area contributed by atoms with Crippen LogP contribution in [0.3, 0.4) is 0 Å². The van der Waals surface area contributed by atoms with E-state index < -0.39 is 0 Å². The van der Waals surface area contributed by atoms with E-state index >= 15 is 0 Å². The molecule has 1 rings (SSSR count). The normalized spacial score (nSPS) is 16.3. The zero-order valence-corrected chi connectivity index (χ0v) is 6.69. The molecule has 0 aromatic carbocycles. The molecule has 0 aromatic heterocycles. The Hall–Kier alpha value is -0.660. The van der Waals surface area contributed by atoms with E-state index in [9.17, 15) is 0 Å². The average molecular weight is 142 g/mol. The Bertz CT molecular complexity index is 121. The molecular formula is C8H18N2. The Balaban J connectivity index is 0.000001000. The fourth-order valence-electron chi connectivity index (χ4n) is 0.967. The molecule has 0 bridgehead atoms. The first-order valence-corrected chi connectivity index (χ1v) is 4.02. The highest BCUT2D eigenvalue weighted by Crippen LogP contribution is 2.09. The van der Waals surface area contributed by atoms with Crippen LogP contribution in [-0.4, -0.2) is 24.5 Å². The van der Waals surface area contributed by atoms with Crippen LogP contribution < -0.4 is 5.32 Å². The van der Waals surface area contributed by atoms with Crippen LogP contribution in [0.25, 0.3) is 0 Å². The zero-order chi connectivity index (χ0) is 7.40. The molecule has 1 heterocycles. The van der Waals surface area contributed by atoms with Crippen molar-refractivity contribution in [3.63, 3.8) is 0 Å². The SMILES string of the molecule is C=C(NCCC)N1CCC1.[HH]. The lowest BCUT2D eigenvalue weighted by Gasteiger charge is -2.34. The van der Waals surface area contributed by atoms with Crippen molar-refractivity contribution in [2.75, 3.05) is 19.6 Å². The highest BCUT2D eigenvalue weighted by Gasteiger charge is 2.13. The zero-order valence-electron chi connectivity index (χ0n) is 6.69. The molecule has 0 atom stereocenters. The molecule has 0 amide bonds. The number of hydrogen-bond acceptors (Lipinski definition) is 2. The van der Waals surface area contributed by atoms with Gasteiger partial charge < -0.3 is 10.2 Å². The molecule has 2 nitrogen and oxygen atoms in total. The molecule has 1 fully saturated rings. The van der Waals surface area contributed by atoms with Crippen LogP contribution in [-0.2, 0) is 0 Å². The highest BCUT2D eigenvalue weighted by atomic mass is 15.3. The molecule has 2 heteroatoms. The topological polar surface area (TPSA) is 15.3 Å². The Kier molecular flexibility index (Phi) is 2.60. The number of nitrogens with one attached hydrogen (secondary N) is 1. The van der Waals surface area contributed by atoms with E-state index in [-0.39, 0.29) is 1.43 Å². The van der Waals surface area contributed by atoms with Crippen molar-refractivity contribution in [3.05, 3.63) is 12.4 Å². The van der Waals surface area contributed by atoms with Gasteiger partial charge in [-0.05, 0) is 12.8 Å². The van der Waals surface area contributed by atoms with E-state index in [0.717, 1.165) is 12.4 Å². The molecule has 0 aromatic rings. The van der Waals surface area contributed by atoms with Gasteiger partial charge >= 0.3 is 0 Å². The van der Waals surface area contributed by atoms with Crippen molar-refractivity contribution in [1.29, 1.82) is 0 Å². The van der Waals surface area contributed by atoms with Crippen LogP contribution in [0.5, 0.6) is 0 Å². The van der Waals surface area contributed by atoms with Crippen molar-refractivity contribution in [3.8, 4) is 0 Å². The van der Waals surface area contributed by atoms with Crippen LogP contribution in [0, 0.1) is 0 Å². The van der Waals surface area contributed by atoms with E-state index in [4.69, 9.17) is 0 Å². The molecule has 0 unspecified atom stereocenters. The summed E-state index contributed by atoms with van der Waals surface area (Å²) in [5, 5.41) is 3.27. The van der Waals surface area contributed by atoms with E-state index in [2.05, 4.69) is 23.7 Å². The second kappa shape index (κ2) is 3.49. The minimum absolute atomic E-state index is 0. The summed E-state index contributed by atoms with van der Waals surface area (Å²) < 4.78 is 0. The first kappa shape index (κ1) is 7.45. The Morgan fingerprint density at radius 2 is 2.40 bits per heavy atom. The lowest BCUT2D eigenvalue weighted by atomic mass is 10.2. The molecule has 0 saturated carbocycles. The second-order valence-electron chi connectivity index (χ2n) is 2.71. The number of nitrogens with zero attached hydrogens (tertiary/aromatic N) is 1. The third-order valence-electron chi connectivity index (χ3n) is 1.82. The van der Waals surface area contributed by atoms with Gasteiger partial charge in [-0.15, -0.1) is 0 Å². The lowest BCUT2D eigenvalue weighted by Crippen LogP contribution is -2.41. The Labute approximate surface area is 64.4 Å². The molecule has 1 aliphatic rings. The van der Waals surface area contributed by atoms with Crippen LogP contribution in [0.15, 0.2) is 12.4 Å². The van der Waals surface area contributed by atoms with Gasteiger partial charge in [-0.2, -0.15) is 0 Å². The maximum atomic E-state index is 3.93. The fourth-order valence-corrected chi connectivity index (χ4v) is 0.967. The van der Waals surface area contributed by atoms with Gasteiger partial charge in [0.25, 0.3) is 0 Å². The van der Waals surface area contributed by atoms with Gasteiger partial charge in [0, 0.05) is 21.1 Å². The minimum Gasteiger partial charge on any atom is -0.372 e. The van der Waals surface area contributed by atoms with Crippen molar-refractivity contribution in [2.24, 2.45) is 0 Å². The lowest BCUT2D eigenvalue weighted by molar-refractivity contribution is 0.223. The summed E-state index contributed by atoms with van der Waals surface area (Å²) in [6, 6.07) is 0. The predicted molar refractivity (Wildman–Crippen MR) is 45.7 cm³/mol. The Morgan fingerprint density at radius 3 is 2.80 bits per heavy atom.